The average Bonchev–Trinajstić information content (AvgIpc) is 2.59. The fourth-order valence-corrected chi connectivity index (χ4v) is 2.48. The molecule has 3 aromatic rings. The van der Waals surface area contributed by atoms with Gasteiger partial charge in [-0.3, -0.25) is 4.79 Å². The van der Waals surface area contributed by atoms with E-state index in [1.807, 2.05) is 31.2 Å². The normalized spacial score (nSPS) is 10.5. The molecule has 0 saturated carbocycles. The van der Waals surface area contributed by atoms with Gasteiger partial charge in [0.1, 0.15) is 23.2 Å². The molecule has 1 aromatic heterocycles. The number of aryl methyl sites for hydroxylation is 2. The zero-order valence-electron chi connectivity index (χ0n) is 14.2. The van der Waals surface area contributed by atoms with E-state index >= 15 is 0 Å². The smallest absolute Gasteiger partial charge is 0.274 e. The number of rotatable bonds is 4. The van der Waals surface area contributed by atoms with Crippen molar-refractivity contribution in [1.82, 2.24) is 9.97 Å². The number of carbonyl (C=O) groups is 1. The molecule has 7 heteroatoms. The Hall–Kier alpha value is -2.99. The lowest BCUT2D eigenvalue weighted by molar-refractivity contribution is 0.102. The highest BCUT2D eigenvalue weighted by Crippen LogP contribution is 2.22. The molecule has 2 N–H and O–H groups in total. The second kappa shape index (κ2) is 7.49. The first kappa shape index (κ1) is 17.8. The van der Waals surface area contributed by atoms with Crippen molar-refractivity contribution >= 4 is 34.7 Å². The minimum absolute atomic E-state index is 0.00174. The molecule has 2 aromatic carbocycles. The summed E-state index contributed by atoms with van der Waals surface area (Å²) in [7, 11) is 0. The number of aromatic nitrogens is 2. The molecule has 132 valence electrons. The van der Waals surface area contributed by atoms with Gasteiger partial charge in [-0.15, -0.1) is 0 Å². The van der Waals surface area contributed by atoms with Gasteiger partial charge in [0.2, 0.25) is 0 Å². The minimum atomic E-state index is -0.505. The molecule has 3 rings (SSSR count). The maximum Gasteiger partial charge on any atom is 0.274 e. The second-order valence-electron chi connectivity index (χ2n) is 5.76. The van der Waals surface area contributed by atoms with Gasteiger partial charge < -0.3 is 10.6 Å². The molecule has 0 fully saturated rings. The molecule has 0 unspecified atom stereocenters. The molecule has 26 heavy (non-hydrogen) atoms. The lowest BCUT2D eigenvalue weighted by atomic mass is 10.2. The molecule has 0 saturated heterocycles. The van der Waals surface area contributed by atoms with Gasteiger partial charge in [-0.05, 0) is 44.2 Å². The summed E-state index contributed by atoms with van der Waals surface area (Å²) in [6.07, 6.45) is 0. The number of halogens is 2. The highest BCUT2D eigenvalue weighted by molar-refractivity contribution is 6.31. The molecule has 0 radical (unpaired) electrons. The number of benzene rings is 2. The van der Waals surface area contributed by atoms with Crippen LogP contribution in [0.25, 0.3) is 0 Å². The van der Waals surface area contributed by atoms with Crippen LogP contribution in [0.5, 0.6) is 0 Å². The Morgan fingerprint density at radius 3 is 2.38 bits per heavy atom. The van der Waals surface area contributed by atoms with Gasteiger partial charge in [0.25, 0.3) is 5.91 Å². The fourth-order valence-electron chi connectivity index (χ4n) is 2.30. The van der Waals surface area contributed by atoms with Crippen molar-refractivity contribution in [1.29, 1.82) is 0 Å². The first-order chi connectivity index (χ1) is 12.4. The van der Waals surface area contributed by atoms with Crippen molar-refractivity contribution in [2.75, 3.05) is 10.6 Å². The summed E-state index contributed by atoms with van der Waals surface area (Å²) < 4.78 is 13.3. The van der Waals surface area contributed by atoms with Crippen LogP contribution in [0, 0.1) is 19.7 Å². The molecular formula is C19H16ClFN4O. The van der Waals surface area contributed by atoms with Crippen LogP contribution in [0.2, 0.25) is 5.02 Å². The molecule has 1 amide bonds. The number of nitrogens with zero attached hydrogens (tertiary/aromatic N) is 2. The molecule has 5 nitrogen and oxygen atoms in total. The van der Waals surface area contributed by atoms with E-state index in [0.717, 1.165) is 5.56 Å². The van der Waals surface area contributed by atoms with Crippen LogP contribution in [0.3, 0.4) is 0 Å². The van der Waals surface area contributed by atoms with Crippen LogP contribution in [-0.4, -0.2) is 15.9 Å². The van der Waals surface area contributed by atoms with E-state index in [1.165, 1.54) is 24.3 Å². The summed E-state index contributed by atoms with van der Waals surface area (Å²) in [5.41, 5.74) is 2.55. The Kier molecular flexibility index (Phi) is 5.14. The van der Waals surface area contributed by atoms with Crippen molar-refractivity contribution in [2.45, 2.75) is 13.8 Å². The van der Waals surface area contributed by atoms with Gasteiger partial charge in [-0.2, -0.15) is 0 Å². The van der Waals surface area contributed by atoms with Gasteiger partial charge in [-0.25, -0.2) is 14.4 Å². The van der Waals surface area contributed by atoms with Crippen LogP contribution >= 0.6 is 11.6 Å². The molecule has 0 aliphatic heterocycles. The van der Waals surface area contributed by atoms with Gasteiger partial charge in [0.05, 0.1) is 5.02 Å². The Balaban J connectivity index is 1.81. The Bertz CT molecular complexity index is 960. The van der Waals surface area contributed by atoms with Crippen LogP contribution in [0.4, 0.5) is 21.6 Å². The largest absolute Gasteiger partial charge is 0.340 e. The minimum Gasteiger partial charge on any atom is -0.340 e. The zero-order valence-corrected chi connectivity index (χ0v) is 14.9. The van der Waals surface area contributed by atoms with Gasteiger partial charge in [0.15, 0.2) is 0 Å². The van der Waals surface area contributed by atoms with Crippen molar-refractivity contribution in [3.8, 4) is 0 Å². The number of hydrogen-bond acceptors (Lipinski definition) is 4. The second-order valence-corrected chi connectivity index (χ2v) is 6.17. The van der Waals surface area contributed by atoms with Gasteiger partial charge in [0, 0.05) is 17.4 Å². The van der Waals surface area contributed by atoms with Gasteiger partial charge in [-0.1, -0.05) is 29.3 Å². The van der Waals surface area contributed by atoms with Crippen LogP contribution < -0.4 is 10.6 Å². The Morgan fingerprint density at radius 2 is 1.69 bits per heavy atom. The zero-order chi connectivity index (χ0) is 18.7. The van der Waals surface area contributed by atoms with E-state index in [9.17, 15) is 9.18 Å². The van der Waals surface area contributed by atoms with Crippen LogP contribution in [-0.2, 0) is 0 Å². The molecule has 0 aliphatic carbocycles. The predicted octanol–water partition coefficient (Wildman–Crippen LogP) is 4.88. The van der Waals surface area contributed by atoms with Crippen LogP contribution in [0.1, 0.15) is 21.9 Å². The number of carbonyl (C=O) groups excluding carboxylic acids is 1. The van der Waals surface area contributed by atoms with Crippen molar-refractivity contribution in [2.24, 2.45) is 0 Å². The third-order valence-electron chi connectivity index (χ3n) is 3.57. The first-order valence-corrected chi connectivity index (χ1v) is 8.24. The third kappa shape index (κ3) is 4.34. The Morgan fingerprint density at radius 1 is 1.00 bits per heavy atom. The summed E-state index contributed by atoms with van der Waals surface area (Å²) >= 11 is 5.78. The molecular weight excluding hydrogens is 355 g/mol. The number of hydrogen-bond donors (Lipinski definition) is 2. The fraction of sp³-hybridized carbons (Fsp3) is 0.105. The SMILES string of the molecule is Cc1ccc(NC(=O)c2cc(Nc3ccc(F)c(Cl)c3)nc(C)n2)cc1. The monoisotopic (exact) mass is 370 g/mol. The molecule has 0 bridgehead atoms. The molecule has 0 spiro atoms. The summed E-state index contributed by atoms with van der Waals surface area (Å²) in [6.45, 7) is 3.66. The lowest BCUT2D eigenvalue weighted by Gasteiger charge is -2.10. The van der Waals surface area contributed by atoms with Crippen molar-refractivity contribution < 1.29 is 9.18 Å². The molecule has 1 heterocycles. The molecule has 0 atom stereocenters. The highest BCUT2D eigenvalue weighted by atomic mass is 35.5. The predicted molar refractivity (Wildman–Crippen MR) is 101 cm³/mol. The van der Waals surface area contributed by atoms with Gasteiger partial charge >= 0.3 is 0 Å². The number of anilines is 3. The highest BCUT2D eigenvalue weighted by Gasteiger charge is 2.12. The lowest BCUT2D eigenvalue weighted by Crippen LogP contribution is -2.15. The van der Waals surface area contributed by atoms with Crippen molar-refractivity contribution in [3.05, 3.63) is 76.5 Å². The van der Waals surface area contributed by atoms with E-state index in [4.69, 9.17) is 11.6 Å². The van der Waals surface area contributed by atoms with E-state index in [-0.39, 0.29) is 16.6 Å². The van der Waals surface area contributed by atoms with Crippen LogP contribution in [0.15, 0.2) is 48.5 Å². The first-order valence-electron chi connectivity index (χ1n) is 7.86. The summed E-state index contributed by atoms with van der Waals surface area (Å²) in [5, 5.41) is 5.79. The maximum absolute atomic E-state index is 13.3. The average molecular weight is 371 g/mol. The summed E-state index contributed by atoms with van der Waals surface area (Å²) in [4.78, 5) is 20.9. The van der Waals surface area contributed by atoms with E-state index < -0.39 is 5.82 Å². The van der Waals surface area contributed by atoms with E-state index in [0.29, 0.717) is 23.0 Å². The summed E-state index contributed by atoms with van der Waals surface area (Å²) in [5.74, 6) is -0.0136. The summed E-state index contributed by atoms with van der Waals surface area (Å²) in [6, 6.07) is 13.2. The van der Waals surface area contributed by atoms with E-state index in [2.05, 4.69) is 20.6 Å². The number of nitrogens with one attached hydrogen (secondary N) is 2. The quantitative estimate of drug-likeness (QED) is 0.686. The number of amides is 1. The topological polar surface area (TPSA) is 66.9 Å². The van der Waals surface area contributed by atoms with Crippen molar-refractivity contribution in [3.63, 3.8) is 0 Å². The maximum atomic E-state index is 13.3. The van der Waals surface area contributed by atoms with E-state index in [1.54, 1.807) is 6.92 Å². The third-order valence-corrected chi connectivity index (χ3v) is 3.86. The molecule has 0 aliphatic rings. The Labute approximate surface area is 155 Å². The standard InChI is InChI=1S/C19H16ClFN4O/c1-11-3-5-13(6-4-11)25-19(26)17-10-18(23-12(2)22-17)24-14-7-8-16(21)15(20)9-14/h3-10H,1-2H3,(H,25,26)(H,22,23,24).